The highest BCUT2D eigenvalue weighted by molar-refractivity contribution is 7.07. The van der Waals surface area contributed by atoms with Crippen LogP contribution >= 0.6 is 34.5 Å². The fourth-order valence-corrected chi connectivity index (χ4v) is 5.98. The van der Waals surface area contributed by atoms with E-state index in [1.165, 1.54) is 28.0 Å². The molecule has 1 atom stereocenters. The Kier molecular flexibility index (Phi) is 7.21. The van der Waals surface area contributed by atoms with E-state index in [0.29, 0.717) is 53.4 Å². The lowest BCUT2D eigenvalue weighted by molar-refractivity contribution is -0.113. The molecular weight excluding hydrogens is 584 g/mol. The van der Waals surface area contributed by atoms with Crippen LogP contribution in [0.2, 0.25) is 10.0 Å². The third-order valence-electron chi connectivity index (χ3n) is 6.59. The Morgan fingerprint density at radius 2 is 1.78 bits per heavy atom. The summed E-state index contributed by atoms with van der Waals surface area (Å²) in [6.07, 6.45) is 1.63. The molecule has 204 valence electrons. The molecule has 0 bridgehead atoms. The second-order valence-electron chi connectivity index (χ2n) is 9.28. The molecule has 0 saturated heterocycles. The predicted octanol–water partition coefficient (Wildman–Crippen LogP) is 6.58. The molecule has 0 aliphatic carbocycles. The Morgan fingerprint density at radius 1 is 1.02 bits per heavy atom. The van der Waals surface area contributed by atoms with Crippen LogP contribution in [0.1, 0.15) is 24.3 Å². The number of hydrogen-bond acceptors (Lipinski definition) is 5. The average Bonchev–Trinajstić information content (AvgIpc) is 3.54. The lowest BCUT2D eigenvalue weighted by Gasteiger charge is -2.25. The Hall–Kier alpha value is -4.24. The monoisotopic (exact) mass is 603 g/mol. The number of carbonyl (C=O) groups excluding carboxylic acids is 1. The van der Waals surface area contributed by atoms with Crippen molar-refractivity contribution in [2.45, 2.75) is 13.0 Å². The molecule has 6 nitrogen and oxygen atoms in total. The molecule has 5 aromatic rings. The van der Waals surface area contributed by atoms with E-state index in [2.05, 4.69) is 10.3 Å². The number of carbonyl (C=O) groups is 1. The zero-order valence-electron chi connectivity index (χ0n) is 21.4. The molecule has 3 aromatic carbocycles. The van der Waals surface area contributed by atoms with Gasteiger partial charge in [-0.3, -0.25) is 14.2 Å². The van der Waals surface area contributed by atoms with E-state index in [1.807, 2.05) is 18.2 Å². The Labute approximate surface area is 247 Å². The number of thiazole rings is 1. The molecule has 3 heterocycles. The van der Waals surface area contributed by atoms with Crippen LogP contribution in [0.15, 0.2) is 110 Å². The molecule has 1 aliphatic heterocycles. The van der Waals surface area contributed by atoms with Crippen molar-refractivity contribution in [1.29, 1.82) is 0 Å². The summed E-state index contributed by atoms with van der Waals surface area (Å²) in [6.45, 7) is 1.73. The van der Waals surface area contributed by atoms with E-state index in [4.69, 9.17) is 27.6 Å². The van der Waals surface area contributed by atoms with Crippen LogP contribution in [0.3, 0.4) is 0 Å². The van der Waals surface area contributed by atoms with Crippen LogP contribution in [0, 0.1) is 5.82 Å². The number of nitrogens with zero attached hydrogens (tertiary/aromatic N) is 2. The topological polar surface area (TPSA) is 76.6 Å². The second kappa shape index (κ2) is 11.0. The summed E-state index contributed by atoms with van der Waals surface area (Å²) in [6, 6.07) is 22.6. The zero-order valence-corrected chi connectivity index (χ0v) is 23.7. The number of hydrogen-bond donors (Lipinski definition) is 1. The van der Waals surface area contributed by atoms with Crippen LogP contribution < -0.4 is 20.2 Å². The molecule has 6 rings (SSSR count). The smallest absolute Gasteiger partial charge is 0.271 e. The Bertz CT molecular complexity index is 2010. The number of amides is 1. The highest BCUT2D eigenvalue weighted by atomic mass is 35.5. The van der Waals surface area contributed by atoms with Gasteiger partial charge < -0.3 is 9.73 Å². The lowest BCUT2D eigenvalue weighted by atomic mass is 9.95. The largest absolute Gasteiger partial charge is 0.457 e. The van der Waals surface area contributed by atoms with Gasteiger partial charge in [-0.05, 0) is 67.1 Å². The standard InChI is InChI=1S/C31H20Cl2FN3O3S/c1-17-27(29(38)36-21-5-3-2-4-6-21)28(18-7-10-20(34)11-8-18)37-30(39)26(41-31(37)35-17)16-22-12-14-25(40-22)19-9-13-23(32)24(33)15-19/h2-16,28H,1H3,(H,36,38)/b26-16-. The molecule has 1 amide bonds. The number of halogens is 3. The first-order valence-corrected chi connectivity index (χ1v) is 14.1. The van der Waals surface area contributed by atoms with Crippen LogP contribution in [0.5, 0.6) is 0 Å². The molecule has 0 spiro atoms. The van der Waals surface area contributed by atoms with Crippen LogP contribution in [-0.2, 0) is 4.79 Å². The van der Waals surface area contributed by atoms with Crippen molar-refractivity contribution >= 4 is 52.2 Å². The molecule has 0 radical (unpaired) electrons. The highest BCUT2D eigenvalue weighted by Gasteiger charge is 2.32. The van der Waals surface area contributed by atoms with E-state index < -0.39 is 17.8 Å². The maximum Gasteiger partial charge on any atom is 0.271 e. The number of aromatic nitrogens is 1. The molecule has 0 saturated carbocycles. The number of benzene rings is 3. The van der Waals surface area contributed by atoms with Gasteiger partial charge in [0.05, 0.1) is 31.9 Å². The zero-order chi connectivity index (χ0) is 28.7. The fraction of sp³-hybridized carbons (Fsp3) is 0.0645. The first-order chi connectivity index (χ1) is 19.8. The van der Waals surface area contributed by atoms with E-state index >= 15 is 0 Å². The summed E-state index contributed by atoms with van der Waals surface area (Å²) in [4.78, 5) is 32.5. The average molecular weight is 604 g/mol. The number of furan rings is 1. The van der Waals surface area contributed by atoms with Gasteiger partial charge in [0, 0.05) is 17.3 Å². The number of rotatable bonds is 5. The summed E-state index contributed by atoms with van der Waals surface area (Å²) in [5, 5.41) is 3.73. The van der Waals surface area contributed by atoms with Gasteiger partial charge in [0.1, 0.15) is 17.3 Å². The predicted molar refractivity (Wildman–Crippen MR) is 159 cm³/mol. The van der Waals surface area contributed by atoms with Gasteiger partial charge in [0.15, 0.2) is 4.80 Å². The molecule has 1 unspecified atom stereocenters. The minimum Gasteiger partial charge on any atom is -0.457 e. The quantitative estimate of drug-likeness (QED) is 0.246. The van der Waals surface area contributed by atoms with Gasteiger partial charge in [-0.2, -0.15) is 0 Å². The van der Waals surface area contributed by atoms with Crippen LogP contribution in [-0.4, -0.2) is 10.5 Å². The molecule has 0 fully saturated rings. The van der Waals surface area contributed by atoms with Crippen molar-refractivity contribution in [3.8, 4) is 11.3 Å². The van der Waals surface area contributed by atoms with Gasteiger partial charge >= 0.3 is 0 Å². The van der Waals surface area contributed by atoms with Crippen molar-refractivity contribution in [2.24, 2.45) is 4.99 Å². The third kappa shape index (κ3) is 5.29. The third-order valence-corrected chi connectivity index (χ3v) is 8.31. The van der Waals surface area contributed by atoms with Crippen molar-refractivity contribution in [3.63, 3.8) is 0 Å². The molecular formula is C31H20Cl2FN3O3S. The van der Waals surface area contributed by atoms with Crippen molar-refractivity contribution in [2.75, 3.05) is 5.32 Å². The minimum absolute atomic E-state index is 0.291. The molecule has 2 aromatic heterocycles. The molecule has 1 aliphatic rings. The Balaban J connectivity index is 1.44. The number of nitrogens with one attached hydrogen (secondary N) is 1. The van der Waals surface area contributed by atoms with Gasteiger partial charge in [-0.15, -0.1) is 0 Å². The lowest BCUT2D eigenvalue weighted by Crippen LogP contribution is -2.40. The molecule has 10 heteroatoms. The van der Waals surface area contributed by atoms with E-state index in [-0.39, 0.29) is 5.56 Å². The highest BCUT2D eigenvalue weighted by Crippen LogP contribution is 2.32. The van der Waals surface area contributed by atoms with Crippen LogP contribution in [0.25, 0.3) is 17.4 Å². The minimum atomic E-state index is -0.818. The molecule has 1 N–H and O–H groups in total. The Morgan fingerprint density at radius 3 is 2.51 bits per heavy atom. The summed E-state index contributed by atoms with van der Waals surface area (Å²) in [5.41, 5.74) is 2.31. The fourth-order valence-electron chi connectivity index (χ4n) is 4.66. The number of para-hydroxylation sites is 1. The van der Waals surface area contributed by atoms with Crippen molar-refractivity contribution in [3.05, 3.63) is 143 Å². The van der Waals surface area contributed by atoms with Gasteiger partial charge in [0.2, 0.25) is 0 Å². The normalized spacial score (nSPS) is 15.0. The number of allylic oxidation sites excluding steroid dienone is 1. The van der Waals surface area contributed by atoms with Crippen molar-refractivity contribution in [1.82, 2.24) is 4.57 Å². The number of anilines is 1. The maximum atomic E-state index is 13.9. The SMILES string of the molecule is CC1=C(C(=O)Nc2ccccc2)C(c2ccc(F)cc2)n2c(s/c(=C\c3ccc(-c4ccc(Cl)c(Cl)c4)o3)c2=O)=N1. The molecule has 41 heavy (non-hydrogen) atoms. The summed E-state index contributed by atoms with van der Waals surface area (Å²) in [7, 11) is 0. The van der Waals surface area contributed by atoms with E-state index in [1.54, 1.807) is 67.6 Å². The number of fused-ring (bicyclic) bond motifs is 1. The van der Waals surface area contributed by atoms with Gasteiger partial charge in [0.25, 0.3) is 11.5 Å². The van der Waals surface area contributed by atoms with Gasteiger partial charge in [-0.25, -0.2) is 9.38 Å². The van der Waals surface area contributed by atoms with E-state index in [9.17, 15) is 14.0 Å². The second-order valence-corrected chi connectivity index (χ2v) is 11.1. The van der Waals surface area contributed by atoms with Crippen molar-refractivity contribution < 1.29 is 13.6 Å². The van der Waals surface area contributed by atoms with E-state index in [0.717, 1.165) is 5.56 Å². The summed E-state index contributed by atoms with van der Waals surface area (Å²) < 4.78 is 21.7. The van der Waals surface area contributed by atoms with Gasteiger partial charge in [-0.1, -0.05) is 64.9 Å². The first-order valence-electron chi connectivity index (χ1n) is 12.5. The summed E-state index contributed by atoms with van der Waals surface area (Å²) in [5.74, 6) is 0.182. The summed E-state index contributed by atoms with van der Waals surface area (Å²) >= 11 is 13.4. The first kappa shape index (κ1) is 27.0. The van der Waals surface area contributed by atoms with Crippen LogP contribution in [0.4, 0.5) is 10.1 Å². The maximum absolute atomic E-state index is 13.9.